The summed E-state index contributed by atoms with van der Waals surface area (Å²) >= 11 is 3.79. The van der Waals surface area contributed by atoms with Crippen molar-refractivity contribution in [1.82, 2.24) is 0 Å². The fourth-order valence-electron chi connectivity index (χ4n) is 3.91. The fourth-order valence-corrected chi connectivity index (χ4v) is 3.91. The lowest BCUT2D eigenvalue weighted by atomic mass is 9.99. The summed E-state index contributed by atoms with van der Waals surface area (Å²) in [5.41, 5.74) is 6.42. The summed E-state index contributed by atoms with van der Waals surface area (Å²) in [6, 6.07) is 15.3. The van der Waals surface area contributed by atoms with E-state index in [1.54, 1.807) is 0 Å². The van der Waals surface area contributed by atoms with Crippen LogP contribution in [0, 0.1) is 0 Å². The monoisotopic (exact) mass is 574 g/mol. The molecule has 9 heteroatoms. The van der Waals surface area contributed by atoms with Gasteiger partial charge in [0, 0.05) is 12.8 Å². The Morgan fingerprint density at radius 1 is 0.750 bits per heavy atom. The van der Waals surface area contributed by atoms with Gasteiger partial charge in [-0.05, 0) is 52.0 Å². The minimum Gasteiger partial charge on any atom is -0.479 e. The Balaban J connectivity index is 0.000000356. The van der Waals surface area contributed by atoms with Crippen LogP contribution in [0.1, 0.15) is 49.4 Å². The van der Waals surface area contributed by atoms with Crippen molar-refractivity contribution in [3.05, 3.63) is 82.9 Å². The van der Waals surface area contributed by atoms with Gasteiger partial charge in [0.05, 0.1) is 26.4 Å². The second-order valence-electron chi connectivity index (χ2n) is 8.93. The van der Waals surface area contributed by atoms with Crippen molar-refractivity contribution < 1.29 is 39.5 Å². The molecule has 2 aromatic carbocycles. The zero-order valence-corrected chi connectivity index (χ0v) is 23.1. The quantitative estimate of drug-likeness (QED) is 0.291. The van der Waals surface area contributed by atoms with E-state index in [0.29, 0.717) is 13.2 Å². The van der Waals surface area contributed by atoms with Crippen molar-refractivity contribution in [3.63, 3.8) is 0 Å². The molecule has 0 fully saturated rings. The lowest BCUT2D eigenvalue weighted by molar-refractivity contribution is -0.147. The molecule has 220 valence electrons. The highest BCUT2D eigenvalue weighted by Crippen LogP contribution is 2.23. The summed E-state index contributed by atoms with van der Waals surface area (Å²) in [5, 5.41) is 35.8. The fraction of sp³-hybridized carbons (Fsp3) is 0.419. The molecule has 0 aromatic heterocycles. The molecule has 0 aliphatic carbocycles. The normalized spacial score (nSPS) is 15.8. The second-order valence-corrected chi connectivity index (χ2v) is 9.57. The van der Waals surface area contributed by atoms with Crippen molar-refractivity contribution in [1.29, 1.82) is 0 Å². The number of benzene rings is 2. The lowest BCUT2D eigenvalue weighted by Crippen LogP contribution is -2.21. The Hall–Kier alpha value is -2.95. The smallest absolute Gasteiger partial charge is 0.332 e. The molecule has 2 atom stereocenters. The molecule has 2 heterocycles. The van der Waals surface area contributed by atoms with Crippen molar-refractivity contribution in [2.24, 2.45) is 0 Å². The molecule has 0 spiro atoms. The highest BCUT2D eigenvalue weighted by molar-refractivity contribution is 7.80. The average Bonchev–Trinajstić information content (AvgIpc) is 2.95. The van der Waals surface area contributed by atoms with Crippen LogP contribution >= 0.6 is 12.6 Å². The van der Waals surface area contributed by atoms with E-state index < -0.39 is 24.1 Å². The third kappa shape index (κ3) is 12.5. The Morgan fingerprint density at radius 3 is 1.32 bits per heavy atom. The van der Waals surface area contributed by atoms with Crippen LogP contribution in [0.3, 0.4) is 0 Å². The van der Waals surface area contributed by atoms with Gasteiger partial charge >= 0.3 is 11.9 Å². The van der Waals surface area contributed by atoms with Crippen LogP contribution in [0.5, 0.6) is 0 Å². The van der Waals surface area contributed by atoms with Gasteiger partial charge in [-0.15, -0.1) is 0 Å². The lowest BCUT2D eigenvalue weighted by Gasteiger charge is -2.14. The number of aliphatic hydroxyl groups is 2. The molecule has 0 unspecified atom stereocenters. The van der Waals surface area contributed by atoms with E-state index >= 15 is 0 Å². The van der Waals surface area contributed by atoms with E-state index in [1.807, 2.05) is 55.5 Å². The van der Waals surface area contributed by atoms with Gasteiger partial charge in [0.2, 0.25) is 0 Å². The van der Waals surface area contributed by atoms with Crippen LogP contribution in [0.2, 0.25) is 0 Å². The minimum absolute atomic E-state index is 0. The summed E-state index contributed by atoms with van der Waals surface area (Å²) in [5.74, 6) is -1.43. The first-order chi connectivity index (χ1) is 18.7. The molecule has 0 saturated heterocycles. The van der Waals surface area contributed by atoms with Crippen molar-refractivity contribution in [3.8, 4) is 0 Å². The van der Waals surface area contributed by atoms with Crippen molar-refractivity contribution >= 4 is 35.7 Å². The Kier molecular flexibility index (Phi) is 16.8. The van der Waals surface area contributed by atoms with Gasteiger partial charge in [0.15, 0.2) is 12.2 Å². The zero-order chi connectivity index (χ0) is 28.6. The molecule has 4 rings (SSSR count). The number of ether oxygens (including phenoxy) is 2. The number of hydrogen-bond donors (Lipinski definition) is 5. The summed E-state index contributed by atoms with van der Waals surface area (Å²) in [6.07, 6.45) is 3.52. The van der Waals surface area contributed by atoms with Crippen LogP contribution < -0.4 is 0 Å². The van der Waals surface area contributed by atoms with E-state index in [9.17, 15) is 19.8 Å². The number of carboxylic acid groups (broad SMARTS) is 2. The largest absolute Gasteiger partial charge is 0.479 e. The van der Waals surface area contributed by atoms with E-state index in [-0.39, 0.29) is 20.3 Å². The van der Waals surface area contributed by atoms with E-state index in [0.717, 1.165) is 54.1 Å². The number of rotatable bonds is 8. The van der Waals surface area contributed by atoms with Gasteiger partial charge in [0.1, 0.15) is 0 Å². The Labute approximate surface area is 242 Å². The summed E-state index contributed by atoms with van der Waals surface area (Å²) in [4.78, 5) is 21.1. The first-order valence-corrected chi connectivity index (χ1v) is 13.5. The zero-order valence-electron chi connectivity index (χ0n) is 22.2. The molecule has 0 bridgehead atoms. The van der Waals surface area contributed by atoms with E-state index in [1.165, 1.54) is 11.1 Å². The molecular formula is C31H42O8S. The third-order valence-corrected chi connectivity index (χ3v) is 6.00. The summed E-state index contributed by atoms with van der Waals surface area (Å²) in [6.45, 7) is 4.77. The average molecular weight is 575 g/mol. The molecular weight excluding hydrogens is 532 g/mol. The molecule has 0 radical (unpaired) electrons. The summed E-state index contributed by atoms with van der Waals surface area (Å²) in [7, 11) is 0. The number of carboxylic acids is 2. The van der Waals surface area contributed by atoms with Crippen LogP contribution in [-0.2, 0) is 31.9 Å². The number of hydrogen-bond acceptors (Lipinski definition) is 7. The predicted molar refractivity (Wildman–Crippen MR) is 161 cm³/mol. The molecule has 4 N–H and O–H groups in total. The molecule has 2 aromatic rings. The predicted octanol–water partition coefficient (Wildman–Crippen LogP) is 4.53. The van der Waals surface area contributed by atoms with E-state index in [2.05, 4.69) is 24.8 Å². The first-order valence-electron chi connectivity index (χ1n) is 12.9. The third-order valence-electron chi connectivity index (χ3n) is 6.00. The maximum absolute atomic E-state index is 10.5. The van der Waals surface area contributed by atoms with Gasteiger partial charge in [-0.2, -0.15) is 12.6 Å². The van der Waals surface area contributed by atoms with Gasteiger partial charge < -0.3 is 29.9 Å². The molecule has 40 heavy (non-hydrogen) atoms. The van der Waals surface area contributed by atoms with Crippen molar-refractivity contribution in [2.45, 2.75) is 52.2 Å². The minimum atomic E-state index is -1.34. The van der Waals surface area contributed by atoms with Crippen molar-refractivity contribution in [2.75, 3.05) is 32.2 Å². The Morgan fingerprint density at radius 2 is 1.07 bits per heavy atom. The molecule has 0 saturated carbocycles. The molecule has 8 nitrogen and oxygen atoms in total. The van der Waals surface area contributed by atoms with Gasteiger partial charge in [-0.3, -0.25) is 0 Å². The van der Waals surface area contributed by atoms with Gasteiger partial charge in [0.25, 0.3) is 0 Å². The van der Waals surface area contributed by atoms with Crippen LogP contribution in [0.15, 0.2) is 60.7 Å². The SMILES string of the molecule is C.CCS.O=C(O)[C@H](O)Cc1ccc(C2=CCOCC2)cc1.O=C(O)[C@H](O)Cc1ccc(C2=CCOCC2)cc1. The topological polar surface area (TPSA) is 134 Å². The van der Waals surface area contributed by atoms with E-state index in [4.69, 9.17) is 19.7 Å². The highest BCUT2D eigenvalue weighted by Gasteiger charge is 2.15. The standard InChI is InChI=1S/2C14H16O4.C2H6S.CH4/c2*15-13(14(16)17)9-10-1-3-11(4-2-10)12-5-7-18-8-6-12;1-2-3;/h2*1-5,13,15H,6-9H2,(H,16,17);3H,2H2,1H3;1H4/t2*13-;;/m11../s1. The highest BCUT2D eigenvalue weighted by atomic mass is 32.1. The summed E-state index contributed by atoms with van der Waals surface area (Å²) < 4.78 is 10.5. The van der Waals surface area contributed by atoms with Crippen LogP contribution in [0.25, 0.3) is 11.1 Å². The van der Waals surface area contributed by atoms with Gasteiger partial charge in [-0.25, -0.2) is 9.59 Å². The first kappa shape index (κ1) is 35.1. The number of aliphatic hydroxyl groups excluding tert-OH is 2. The molecule has 2 aliphatic heterocycles. The number of aliphatic carboxylic acids is 2. The van der Waals surface area contributed by atoms with Gasteiger partial charge in [-0.1, -0.05) is 75.0 Å². The maximum Gasteiger partial charge on any atom is 0.332 e. The number of carbonyl (C=O) groups is 2. The maximum atomic E-state index is 10.5. The Bertz CT molecular complexity index is 1010. The molecule has 2 aliphatic rings. The van der Waals surface area contributed by atoms with Crippen LogP contribution in [-0.4, -0.2) is 76.8 Å². The van der Waals surface area contributed by atoms with Crippen LogP contribution in [0.4, 0.5) is 0 Å². The second kappa shape index (κ2) is 19.2. The molecule has 0 amide bonds. The number of thiol groups is 1.